The van der Waals surface area contributed by atoms with E-state index in [2.05, 4.69) is 10.2 Å². The minimum Gasteiger partial charge on any atom is -0.342 e. The minimum absolute atomic E-state index is 0.0670. The molecule has 1 amide bonds. The zero-order chi connectivity index (χ0) is 19.7. The van der Waals surface area contributed by atoms with Crippen LogP contribution in [0.5, 0.6) is 0 Å². The number of nitrogens with zero attached hydrogens (tertiary/aromatic N) is 5. The van der Waals surface area contributed by atoms with Crippen LogP contribution < -0.4 is 5.56 Å². The van der Waals surface area contributed by atoms with Crippen molar-refractivity contribution in [1.82, 2.24) is 24.1 Å². The van der Waals surface area contributed by atoms with E-state index in [-0.39, 0.29) is 11.5 Å². The largest absolute Gasteiger partial charge is 0.342 e. The fourth-order valence-electron chi connectivity index (χ4n) is 4.01. The van der Waals surface area contributed by atoms with Crippen molar-refractivity contribution in [2.45, 2.75) is 56.8 Å². The van der Waals surface area contributed by atoms with Gasteiger partial charge in [0, 0.05) is 19.6 Å². The van der Waals surface area contributed by atoms with E-state index in [1.807, 2.05) is 47.5 Å². The molecule has 0 N–H and O–H groups in total. The standard InChI is InChI=1S/C20H25N5O2S/c1-3-24-18(27)15-11-7-8-12-16(15)25-19(24)21-22-20(25)28-13-17(26)23(2)14-9-5-4-6-10-14/h7-8,11-12,14H,3-6,9-10,13H2,1-2H3. The molecular weight excluding hydrogens is 374 g/mol. The van der Waals surface area contributed by atoms with E-state index >= 15 is 0 Å². The molecule has 0 spiro atoms. The number of carbonyl (C=O) groups is 1. The summed E-state index contributed by atoms with van der Waals surface area (Å²) in [4.78, 5) is 27.3. The molecule has 0 radical (unpaired) electrons. The van der Waals surface area contributed by atoms with Gasteiger partial charge in [-0.1, -0.05) is 43.2 Å². The van der Waals surface area contributed by atoms with E-state index in [1.165, 1.54) is 31.0 Å². The summed E-state index contributed by atoms with van der Waals surface area (Å²) in [5, 5.41) is 9.79. The van der Waals surface area contributed by atoms with Crippen molar-refractivity contribution in [2.75, 3.05) is 12.8 Å². The van der Waals surface area contributed by atoms with Gasteiger partial charge >= 0.3 is 0 Å². The summed E-state index contributed by atoms with van der Waals surface area (Å²) in [6, 6.07) is 7.82. The Kier molecular flexibility index (Phi) is 5.39. The van der Waals surface area contributed by atoms with Crippen molar-refractivity contribution in [3.63, 3.8) is 0 Å². The fraction of sp³-hybridized carbons (Fsp3) is 0.500. The Morgan fingerprint density at radius 3 is 2.71 bits per heavy atom. The molecule has 0 atom stereocenters. The van der Waals surface area contributed by atoms with E-state index in [9.17, 15) is 9.59 Å². The molecule has 1 fully saturated rings. The lowest BCUT2D eigenvalue weighted by molar-refractivity contribution is -0.129. The number of fused-ring (bicyclic) bond motifs is 3. The zero-order valence-corrected chi connectivity index (χ0v) is 17.1. The van der Waals surface area contributed by atoms with Crippen LogP contribution in [0.1, 0.15) is 39.0 Å². The molecular formula is C20H25N5O2S. The van der Waals surface area contributed by atoms with Crippen LogP contribution in [0, 0.1) is 0 Å². The van der Waals surface area contributed by atoms with Gasteiger partial charge in [-0.05, 0) is 31.9 Å². The van der Waals surface area contributed by atoms with Gasteiger partial charge in [0.15, 0.2) is 5.16 Å². The molecule has 28 heavy (non-hydrogen) atoms. The number of aryl methyl sites for hydroxylation is 1. The van der Waals surface area contributed by atoms with E-state index in [0.717, 1.165) is 18.4 Å². The number of hydrogen-bond donors (Lipinski definition) is 0. The van der Waals surface area contributed by atoms with Gasteiger partial charge in [-0.3, -0.25) is 18.6 Å². The van der Waals surface area contributed by atoms with Crippen LogP contribution >= 0.6 is 11.8 Å². The molecule has 2 heterocycles. The van der Waals surface area contributed by atoms with Crippen molar-refractivity contribution in [2.24, 2.45) is 0 Å². The summed E-state index contributed by atoms with van der Waals surface area (Å²) >= 11 is 1.38. The number of benzene rings is 1. The number of thioether (sulfide) groups is 1. The summed E-state index contributed by atoms with van der Waals surface area (Å²) in [7, 11) is 1.91. The fourth-order valence-corrected chi connectivity index (χ4v) is 4.88. The third kappa shape index (κ3) is 3.30. The molecule has 1 aliphatic rings. The van der Waals surface area contributed by atoms with Crippen LogP contribution in [0.25, 0.3) is 16.7 Å². The Morgan fingerprint density at radius 1 is 1.21 bits per heavy atom. The molecule has 148 valence electrons. The smallest absolute Gasteiger partial charge is 0.262 e. The maximum absolute atomic E-state index is 12.7. The Balaban J connectivity index is 1.64. The lowest BCUT2D eigenvalue weighted by atomic mass is 9.94. The molecule has 1 aromatic carbocycles. The lowest BCUT2D eigenvalue weighted by Gasteiger charge is -2.31. The summed E-state index contributed by atoms with van der Waals surface area (Å²) in [6.07, 6.45) is 5.85. The van der Waals surface area contributed by atoms with Crippen LogP contribution in [0.15, 0.2) is 34.2 Å². The SMILES string of the molecule is CCn1c(=O)c2ccccc2n2c(SCC(=O)N(C)C3CCCCC3)nnc12. The van der Waals surface area contributed by atoms with Gasteiger partial charge < -0.3 is 4.90 Å². The van der Waals surface area contributed by atoms with Crippen molar-refractivity contribution in [3.8, 4) is 0 Å². The predicted octanol–water partition coefficient (Wildman–Crippen LogP) is 2.95. The van der Waals surface area contributed by atoms with Gasteiger partial charge in [-0.25, -0.2) is 0 Å². The van der Waals surface area contributed by atoms with Crippen molar-refractivity contribution >= 4 is 34.3 Å². The number of para-hydroxylation sites is 1. The number of carbonyl (C=O) groups excluding carboxylic acids is 1. The Morgan fingerprint density at radius 2 is 1.96 bits per heavy atom. The molecule has 3 aromatic rings. The third-order valence-electron chi connectivity index (χ3n) is 5.63. The van der Waals surface area contributed by atoms with Gasteiger partial charge in [0.05, 0.1) is 16.7 Å². The molecule has 1 saturated carbocycles. The highest BCUT2D eigenvalue weighted by Crippen LogP contribution is 2.24. The second kappa shape index (κ2) is 7.95. The van der Waals surface area contributed by atoms with E-state index in [4.69, 9.17) is 0 Å². The monoisotopic (exact) mass is 399 g/mol. The van der Waals surface area contributed by atoms with E-state index < -0.39 is 0 Å². The molecule has 4 rings (SSSR count). The molecule has 1 aliphatic carbocycles. The van der Waals surface area contributed by atoms with Crippen molar-refractivity contribution in [3.05, 3.63) is 34.6 Å². The van der Waals surface area contributed by atoms with Crippen LogP contribution in [-0.4, -0.2) is 48.8 Å². The summed E-state index contributed by atoms with van der Waals surface area (Å²) < 4.78 is 3.51. The predicted molar refractivity (Wildman–Crippen MR) is 111 cm³/mol. The Bertz CT molecular complexity index is 1070. The molecule has 0 saturated heterocycles. The molecule has 8 heteroatoms. The number of hydrogen-bond acceptors (Lipinski definition) is 5. The average Bonchev–Trinajstić information content (AvgIpc) is 3.16. The quantitative estimate of drug-likeness (QED) is 0.617. The van der Waals surface area contributed by atoms with Crippen molar-refractivity contribution < 1.29 is 4.79 Å². The van der Waals surface area contributed by atoms with Crippen LogP contribution in [-0.2, 0) is 11.3 Å². The van der Waals surface area contributed by atoms with E-state index in [1.54, 1.807) is 4.57 Å². The number of amides is 1. The number of rotatable bonds is 5. The van der Waals surface area contributed by atoms with Gasteiger partial charge in [-0.15, -0.1) is 10.2 Å². The summed E-state index contributed by atoms with van der Waals surface area (Å²) in [5.41, 5.74) is 0.704. The first-order valence-electron chi connectivity index (χ1n) is 9.87. The highest BCUT2D eigenvalue weighted by atomic mass is 32.2. The number of aromatic nitrogens is 4. The third-order valence-corrected chi connectivity index (χ3v) is 6.55. The maximum atomic E-state index is 12.7. The lowest BCUT2D eigenvalue weighted by Crippen LogP contribution is -2.39. The maximum Gasteiger partial charge on any atom is 0.262 e. The zero-order valence-electron chi connectivity index (χ0n) is 16.3. The van der Waals surface area contributed by atoms with Crippen LogP contribution in [0.4, 0.5) is 0 Å². The first-order chi connectivity index (χ1) is 13.6. The second-order valence-electron chi connectivity index (χ2n) is 7.27. The van der Waals surface area contributed by atoms with Crippen molar-refractivity contribution in [1.29, 1.82) is 0 Å². The summed E-state index contributed by atoms with van der Waals surface area (Å²) in [6.45, 7) is 2.43. The highest BCUT2D eigenvalue weighted by molar-refractivity contribution is 7.99. The first-order valence-corrected chi connectivity index (χ1v) is 10.9. The molecule has 0 aliphatic heterocycles. The molecule has 7 nitrogen and oxygen atoms in total. The van der Waals surface area contributed by atoms with Gasteiger partial charge in [0.1, 0.15) is 0 Å². The summed E-state index contributed by atoms with van der Waals surface area (Å²) in [5.74, 6) is 0.941. The molecule has 2 aromatic heterocycles. The average molecular weight is 400 g/mol. The van der Waals surface area contributed by atoms with Crippen LogP contribution in [0.3, 0.4) is 0 Å². The van der Waals surface area contributed by atoms with Gasteiger partial charge in [-0.2, -0.15) is 0 Å². The minimum atomic E-state index is -0.0670. The topological polar surface area (TPSA) is 72.5 Å². The van der Waals surface area contributed by atoms with Gasteiger partial charge in [0.25, 0.3) is 5.56 Å². The second-order valence-corrected chi connectivity index (χ2v) is 8.21. The van der Waals surface area contributed by atoms with Gasteiger partial charge in [0.2, 0.25) is 11.7 Å². The highest BCUT2D eigenvalue weighted by Gasteiger charge is 2.23. The van der Waals surface area contributed by atoms with Crippen LogP contribution in [0.2, 0.25) is 0 Å². The Labute approximate surface area is 167 Å². The Hall–Kier alpha value is -2.35. The molecule has 0 unspecified atom stereocenters. The van der Waals surface area contributed by atoms with E-state index in [0.29, 0.717) is 34.7 Å². The normalized spacial score (nSPS) is 15.4. The first kappa shape index (κ1) is 19.0. The molecule has 0 bridgehead atoms.